The molecule has 0 unspecified atom stereocenters. The number of aromatic nitrogens is 5. The molecule has 0 aliphatic rings. The molecule has 0 radical (unpaired) electrons. The van der Waals surface area contributed by atoms with E-state index in [9.17, 15) is 4.79 Å². The third-order valence-corrected chi connectivity index (χ3v) is 4.69. The first kappa shape index (κ1) is 19.5. The maximum atomic E-state index is 12.4. The van der Waals surface area contributed by atoms with E-state index < -0.39 is 0 Å². The smallest absolute Gasteiger partial charge is 0.247 e. The fraction of sp³-hybridized carbons (Fsp3) is 0.227. The summed E-state index contributed by atoms with van der Waals surface area (Å²) in [6.45, 7) is 4.82. The van der Waals surface area contributed by atoms with Crippen molar-refractivity contribution >= 4 is 11.6 Å². The van der Waals surface area contributed by atoms with E-state index in [1.807, 2.05) is 66.9 Å². The molecule has 8 heteroatoms. The summed E-state index contributed by atoms with van der Waals surface area (Å²) in [5.74, 6) is 1.53. The Morgan fingerprint density at radius 1 is 1.07 bits per heavy atom. The summed E-state index contributed by atoms with van der Waals surface area (Å²) in [7, 11) is 0. The topological polar surface area (TPSA) is 98.7 Å². The lowest BCUT2D eigenvalue weighted by Gasteiger charge is -2.07. The summed E-state index contributed by atoms with van der Waals surface area (Å²) in [4.78, 5) is 12.4. The number of nitrogens with one attached hydrogen (secondary N) is 1. The van der Waals surface area contributed by atoms with Crippen LogP contribution in [-0.4, -0.2) is 30.9 Å². The van der Waals surface area contributed by atoms with Gasteiger partial charge in [0.25, 0.3) is 0 Å². The van der Waals surface area contributed by atoms with Crippen LogP contribution in [0.25, 0.3) is 22.8 Å². The number of aryl methyl sites for hydroxylation is 3. The van der Waals surface area contributed by atoms with Gasteiger partial charge in [-0.3, -0.25) is 4.79 Å². The van der Waals surface area contributed by atoms with Crippen LogP contribution in [0, 0.1) is 6.92 Å². The molecule has 2 heterocycles. The van der Waals surface area contributed by atoms with Crippen LogP contribution in [0.15, 0.2) is 59.3 Å². The maximum absolute atomic E-state index is 12.4. The van der Waals surface area contributed by atoms with Crippen molar-refractivity contribution in [1.82, 2.24) is 25.0 Å². The zero-order valence-electron chi connectivity index (χ0n) is 16.9. The molecule has 0 bridgehead atoms. The van der Waals surface area contributed by atoms with Gasteiger partial charge in [0.15, 0.2) is 5.82 Å². The highest BCUT2D eigenvalue weighted by molar-refractivity contribution is 5.91. The molecule has 1 N–H and O–H groups in total. The van der Waals surface area contributed by atoms with Crippen molar-refractivity contribution in [2.24, 2.45) is 0 Å². The van der Waals surface area contributed by atoms with Gasteiger partial charge in [-0.15, -0.1) is 20.4 Å². The van der Waals surface area contributed by atoms with Gasteiger partial charge in [0.2, 0.25) is 17.7 Å². The lowest BCUT2D eigenvalue weighted by Crippen LogP contribution is -2.12. The van der Waals surface area contributed by atoms with Crippen molar-refractivity contribution in [2.75, 3.05) is 5.32 Å². The number of benzene rings is 2. The molecule has 30 heavy (non-hydrogen) atoms. The van der Waals surface area contributed by atoms with E-state index in [1.165, 1.54) is 0 Å². The fourth-order valence-corrected chi connectivity index (χ4v) is 3.06. The number of carbonyl (C=O) groups excluding carboxylic acids is 1. The number of anilines is 1. The number of rotatable bonds is 7. The molecular weight excluding hydrogens is 380 g/mol. The van der Waals surface area contributed by atoms with Gasteiger partial charge in [0.1, 0.15) is 6.33 Å². The summed E-state index contributed by atoms with van der Waals surface area (Å²) in [6, 6.07) is 15.4. The Morgan fingerprint density at radius 2 is 1.90 bits per heavy atom. The summed E-state index contributed by atoms with van der Waals surface area (Å²) in [5, 5.41) is 19.1. The molecule has 1 amide bonds. The largest absolute Gasteiger partial charge is 0.421 e. The number of nitrogens with zero attached hydrogens (tertiary/aromatic N) is 5. The van der Waals surface area contributed by atoms with Gasteiger partial charge < -0.3 is 14.3 Å². The van der Waals surface area contributed by atoms with E-state index in [1.54, 1.807) is 6.33 Å². The molecule has 0 aliphatic carbocycles. The van der Waals surface area contributed by atoms with Gasteiger partial charge in [0, 0.05) is 36.2 Å². The van der Waals surface area contributed by atoms with Gasteiger partial charge in [0.05, 0.1) is 0 Å². The van der Waals surface area contributed by atoms with E-state index in [4.69, 9.17) is 4.42 Å². The first-order valence-electron chi connectivity index (χ1n) is 9.80. The molecule has 0 atom stereocenters. The minimum absolute atomic E-state index is 0.126. The van der Waals surface area contributed by atoms with Gasteiger partial charge in [-0.1, -0.05) is 29.8 Å². The van der Waals surface area contributed by atoms with Crippen LogP contribution in [0.1, 0.15) is 24.8 Å². The highest BCUT2D eigenvalue weighted by atomic mass is 16.4. The third-order valence-electron chi connectivity index (χ3n) is 4.69. The lowest BCUT2D eigenvalue weighted by molar-refractivity contribution is -0.116. The van der Waals surface area contributed by atoms with Crippen LogP contribution >= 0.6 is 0 Å². The van der Waals surface area contributed by atoms with Crippen molar-refractivity contribution in [1.29, 1.82) is 0 Å². The Kier molecular flexibility index (Phi) is 5.65. The van der Waals surface area contributed by atoms with Gasteiger partial charge >= 0.3 is 0 Å². The number of hydrogen-bond donors (Lipinski definition) is 1. The minimum Gasteiger partial charge on any atom is -0.421 e. The SMILES string of the molecule is CCn1cnnc1-c1cccc(NC(=O)CCc2nnc(-c3ccc(C)cc3)o2)c1. The number of amides is 1. The second kappa shape index (κ2) is 8.69. The summed E-state index contributed by atoms with van der Waals surface area (Å²) >= 11 is 0. The Labute approximate surface area is 174 Å². The molecule has 4 rings (SSSR count). The molecule has 4 aromatic rings. The molecule has 2 aromatic heterocycles. The zero-order chi connectivity index (χ0) is 20.9. The highest BCUT2D eigenvalue weighted by Gasteiger charge is 2.12. The quantitative estimate of drug-likeness (QED) is 0.503. The van der Waals surface area contributed by atoms with E-state index >= 15 is 0 Å². The van der Waals surface area contributed by atoms with Gasteiger partial charge in [-0.25, -0.2) is 0 Å². The Balaban J connectivity index is 1.36. The van der Waals surface area contributed by atoms with E-state index in [2.05, 4.69) is 25.7 Å². The van der Waals surface area contributed by atoms with E-state index in [0.29, 0.717) is 23.9 Å². The van der Waals surface area contributed by atoms with Gasteiger partial charge in [-0.2, -0.15) is 0 Å². The molecule has 8 nitrogen and oxygen atoms in total. The Hall–Kier alpha value is -3.81. The monoisotopic (exact) mass is 402 g/mol. The standard InChI is InChI=1S/C22H22N6O2/c1-3-28-14-23-26-21(28)17-5-4-6-18(13-17)24-19(29)11-12-20-25-27-22(30-20)16-9-7-15(2)8-10-16/h4-10,13-14H,3,11-12H2,1-2H3,(H,24,29). The predicted octanol–water partition coefficient (Wildman–Crippen LogP) is 3.89. The van der Waals surface area contributed by atoms with Crippen LogP contribution in [0.3, 0.4) is 0 Å². The molecule has 2 aromatic carbocycles. The van der Waals surface area contributed by atoms with Crippen molar-refractivity contribution in [3.63, 3.8) is 0 Å². The predicted molar refractivity (Wildman–Crippen MR) is 113 cm³/mol. The van der Waals surface area contributed by atoms with Crippen LogP contribution < -0.4 is 5.32 Å². The third kappa shape index (κ3) is 4.43. The van der Waals surface area contributed by atoms with Crippen LogP contribution in [0.4, 0.5) is 5.69 Å². The molecule has 0 aliphatic heterocycles. The zero-order valence-corrected chi connectivity index (χ0v) is 16.9. The van der Waals surface area contributed by atoms with Crippen LogP contribution in [0.2, 0.25) is 0 Å². The summed E-state index contributed by atoms with van der Waals surface area (Å²) in [6.07, 6.45) is 2.30. The van der Waals surface area contributed by atoms with Crippen LogP contribution in [0.5, 0.6) is 0 Å². The average Bonchev–Trinajstić information content (AvgIpc) is 3.42. The Bertz CT molecular complexity index is 1150. The summed E-state index contributed by atoms with van der Waals surface area (Å²) < 4.78 is 7.63. The molecular formula is C22H22N6O2. The second-order valence-corrected chi connectivity index (χ2v) is 6.94. The maximum Gasteiger partial charge on any atom is 0.247 e. The fourth-order valence-electron chi connectivity index (χ4n) is 3.06. The lowest BCUT2D eigenvalue weighted by atomic mass is 10.1. The molecule has 0 spiro atoms. The van der Waals surface area contributed by atoms with Crippen molar-refractivity contribution < 1.29 is 9.21 Å². The molecule has 152 valence electrons. The normalized spacial score (nSPS) is 10.9. The number of carbonyl (C=O) groups is 1. The van der Waals surface area contributed by atoms with Gasteiger partial charge in [-0.05, 0) is 38.1 Å². The molecule has 0 saturated heterocycles. The van der Waals surface area contributed by atoms with Crippen molar-refractivity contribution in [2.45, 2.75) is 33.2 Å². The van der Waals surface area contributed by atoms with Crippen molar-refractivity contribution in [3.8, 4) is 22.8 Å². The van der Waals surface area contributed by atoms with Crippen molar-refractivity contribution in [3.05, 3.63) is 66.3 Å². The highest BCUT2D eigenvalue weighted by Crippen LogP contribution is 2.21. The molecule has 0 saturated carbocycles. The first-order valence-corrected chi connectivity index (χ1v) is 9.80. The minimum atomic E-state index is -0.126. The second-order valence-electron chi connectivity index (χ2n) is 6.94. The van der Waals surface area contributed by atoms with Crippen LogP contribution in [-0.2, 0) is 17.8 Å². The van der Waals surface area contributed by atoms with E-state index in [0.717, 1.165) is 29.1 Å². The average molecular weight is 402 g/mol. The molecule has 0 fully saturated rings. The Morgan fingerprint density at radius 3 is 2.70 bits per heavy atom. The van der Waals surface area contributed by atoms with E-state index in [-0.39, 0.29) is 12.3 Å². The summed E-state index contributed by atoms with van der Waals surface area (Å²) in [5.41, 5.74) is 3.62. The number of hydrogen-bond acceptors (Lipinski definition) is 6. The first-order chi connectivity index (χ1) is 14.6.